The second kappa shape index (κ2) is 10.6. The Morgan fingerprint density at radius 1 is 0.719 bits per heavy atom. The highest BCUT2D eigenvalue weighted by atomic mass is 15.5. The Balaban J connectivity index is 1.98. The highest BCUT2D eigenvalue weighted by molar-refractivity contribution is 5.99. The van der Waals surface area contributed by atoms with Crippen molar-refractivity contribution in [3.05, 3.63) is 89.5 Å². The van der Waals surface area contributed by atoms with Crippen molar-refractivity contribution in [2.24, 2.45) is 5.10 Å². The Kier molecular flexibility index (Phi) is 7.87. The molecule has 0 atom stereocenters. The highest BCUT2D eigenvalue weighted by Gasteiger charge is 2.24. The molecule has 3 rings (SSSR count). The van der Waals surface area contributed by atoms with E-state index >= 15 is 0 Å². The number of hydrogen-bond donors (Lipinski definition) is 0. The van der Waals surface area contributed by atoms with Gasteiger partial charge < -0.3 is 0 Å². The molecule has 0 fully saturated rings. The van der Waals surface area contributed by atoms with E-state index in [0.717, 1.165) is 53.2 Å². The zero-order valence-corrected chi connectivity index (χ0v) is 20.6. The van der Waals surface area contributed by atoms with Gasteiger partial charge in [0.2, 0.25) is 0 Å². The van der Waals surface area contributed by atoms with E-state index < -0.39 is 0 Å². The molecule has 0 spiro atoms. The molecular formula is C29H38N3+. The van der Waals surface area contributed by atoms with E-state index in [1.165, 1.54) is 16.8 Å². The molecule has 0 N–H and O–H groups in total. The fourth-order valence-corrected chi connectivity index (χ4v) is 4.27. The SMILES string of the molecule is CCc1ccc(N(/N=C(\C)c2ccc([N+](CC)(CC)CC)cc2)c2ccc(C)cc2)cc1. The van der Waals surface area contributed by atoms with Gasteiger partial charge in [-0.25, -0.2) is 5.01 Å². The largest absolute Gasteiger partial charge is 0.292 e. The monoisotopic (exact) mass is 428 g/mol. The van der Waals surface area contributed by atoms with Crippen molar-refractivity contribution >= 4 is 22.8 Å². The average Bonchev–Trinajstić information content (AvgIpc) is 2.85. The van der Waals surface area contributed by atoms with Crippen molar-refractivity contribution in [1.29, 1.82) is 0 Å². The van der Waals surface area contributed by atoms with Crippen LogP contribution in [0.2, 0.25) is 0 Å². The van der Waals surface area contributed by atoms with Crippen LogP contribution in [-0.2, 0) is 6.42 Å². The van der Waals surface area contributed by atoms with Gasteiger partial charge in [0.1, 0.15) is 5.69 Å². The minimum Gasteiger partial charge on any atom is -0.292 e. The summed E-state index contributed by atoms with van der Waals surface area (Å²) in [7, 11) is 0. The Morgan fingerprint density at radius 2 is 1.22 bits per heavy atom. The summed E-state index contributed by atoms with van der Waals surface area (Å²) in [4.78, 5) is 0. The third-order valence-electron chi connectivity index (χ3n) is 6.77. The van der Waals surface area contributed by atoms with Gasteiger partial charge >= 0.3 is 0 Å². The van der Waals surface area contributed by atoms with E-state index in [2.05, 4.69) is 114 Å². The Morgan fingerprint density at radius 3 is 1.69 bits per heavy atom. The van der Waals surface area contributed by atoms with Crippen molar-refractivity contribution in [2.45, 2.75) is 48.0 Å². The van der Waals surface area contributed by atoms with Gasteiger partial charge in [-0.15, -0.1) is 0 Å². The molecule has 168 valence electrons. The number of anilines is 2. The second-order valence-corrected chi connectivity index (χ2v) is 8.49. The third-order valence-corrected chi connectivity index (χ3v) is 6.77. The molecule has 3 heteroatoms. The maximum absolute atomic E-state index is 5.07. The quantitative estimate of drug-likeness (QED) is 0.196. The van der Waals surface area contributed by atoms with Crippen molar-refractivity contribution in [3.8, 4) is 0 Å². The van der Waals surface area contributed by atoms with E-state index in [0.29, 0.717) is 0 Å². The van der Waals surface area contributed by atoms with Crippen molar-refractivity contribution in [2.75, 3.05) is 24.6 Å². The second-order valence-electron chi connectivity index (χ2n) is 8.49. The third kappa shape index (κ3) is 5.11. The first-order chi connectivity index (χ1) is 15.5. The van der Waals surface area contributed by atoms with Crippen LogP contribution in [0.15, 0.2) is 77.9 Å². The number of rotatable bonds is 9. The summed E-state index contributed by atoms with van der Waals surface area (Å²) >= 11 is 0. The molecule has 0 aliphatic heterocycles. The number of hydrazone groups is 1. The molecule has 3 aromatic carbocycles. The van der Waals surface area contributed by atoms with Crippen molar-refractivity contribution in [1.82, 2.24) is 4.48 Å². The Hall–Kier alpha value is -2.91. The van der Waals surface area contributed by atoms with Crippen LogP contribution in [0, 0.1) is 6.92 Å². The van der Waals surface area contributed by atoms with E-state index in [-0.39, 0.29) is 0 Å². The zero-order chi connectivity index (χ0) is 23.1. The Bertz CT molecular complexity index is 1000. The van der Waals surface area contributed by atoms with Crippen LogP contribution >= 0.6 is 0 Å². The first-order valence-electron chi connectivity index (χ1n) is 11.9. The van der Waals surface area contributed by atoms with Crippen LogP contribution in [0.5, 0.6) is 0 Å². The lowest BCUT2D eigenvalue weighted by Crippen LogP contribution is -2.48. The molecule has 3 aromatic rings. The van der Waals surface area contributed by atoms with Gasteiger partial charge in [0.25, 0.3) is 0 Å². The van der Waals surface area contributed by atoms with E-state index in [4.69, 9.17) is 5.10 Å². The molecule has 0 aliphatic carbocycles. The number of nitrogens with zero attached hydrogens (tertiary/aromatic N) is 3. The van der Waals surface area contributed by atoms with Crippen LogP contribution in [0.1, 0.15) is 51.3 Å². The molecule has 0 aliphatic rings. The molecule has 0 saturated carbocycles. The molecule has 32 heavy (non-hydrogen) atoms. The minimum absolute atomic E-state index is 0.999. The topological polar surface area (TPSA) is 15.6 Å². The molecule has 0 bridgehead atoms. The molecule has 0 amide bonds. The molecule has 0 unspecified atom stereocenters. The standard InChI is InChI=1S/C29H38N3/c1-7-25-13-19-28(20-14-25)31(27-17-11-23(5)12-18-27)30-24(6)26-15-21-29(22-16-26)32(8-2,9-3)10-4/h11-22H,7-10H2,1-6H3/q+1/b30-24+. The number of hydrogen-bond acceptors (Lipinski definition) is 2. The van der Waals surface area contributed by atoms with Gasteiger partial charge in [0, 0.05) is 0 Å². The van der Waals surface area contributed by atoms with E-state index in [9.17, 15) is 0 Å². The number of aryl methyl sites for hydroxylation is 2. The summed E-state index contributed by atoms with van der Waals surface area (Å²) in [6.07, 6.45) is 1.03. The first-order valence-corrected chi connectivity index (χ1v) is 11.9. The highest BCUT2D eigenvalue weighted by Crippen LogP contribution is 2.28. The van der Waals surface area contributed by atoms with Gasteiger partial charge in [-0.1, -0.05) is 36.8 Å². The van der Waals surface area contributed by atoms with Gasteiger partial charge in [-0.3, -0.25) is 4.48 Å². The van der Waals surface area contributed by atoms with E-state index in [1.807, 2.05) is 5.01 Å². The smallest absolute Gasteiger partial charge is 0.132 e. The van der Waals surface area contributed by atoms with Crippen molar-refractivity contribution in [3.63, 3.8) is 0 Å². The lowest BCUT2D eigenvalue weighted by Gasteiger charge is -2.35. The lowest BCUT2D eigenvalue weighted by molar-refractivity contribution is 0.316. The molecule has 3 nitrogen and oxygen atoms in total. The first kappa shape index (κ1) is 23.7. The van der Waals surface area contributed by atoms with Crippen molar-refractivity contribution < 1.29 is 0 Å². The fourth-order valence-electron chi connectivity index (χ4n) is 4.27. The normalized spacial score (nSPS) is 12.1. The minimum atomic E-state index is 0.999. The van der Waals surface area contributed by atoms with Crippen LogP contribution in [0.4, 0.5) is 17.1 Å². The molecular weight excluding hydrogens is 390 g/mol. The molecule has 0 aromatic heterocycles. The van der Waals surface area contributed by atoms with Gasteiger partial charge in [0.05, 0.1) is 36.7 Å². The fraction of sp³-hybridized carbons (Fsp3) is 0.345. The molecule has 0 radical (unpaired) electrons. The van der Waals surface area contributed by atoms with Crippen LogP contribution < -0.4 is 9.49 Å². The maximum atomic E-state index is 5.07. The van der Waals surface area contributed by atoms with Crippen LogP contribution in [-0.4, -0.2) is 25.3 Å². The molecule has 0 heterocycles. The van der Waals surface area contributed by atoms with Gasteiger partial charge in [-0.2, -0.15) is 5.10 Å². The summed E-state index contributed by atoms with van der Waals surface area (Å²) in [5.41, 5.74) is 8.24. The summed E-state index contributed by atoms with van der Waals surface area (Å²) in [6, 6.07) is 26.2. The number of quaternary nitrogens is 1. The summed E-state index contributed by atoms with van der Waals surface area (Å²) in [5.74, 6) is 0. The van der Waals surface area contributed by atoms with Crippen LogP contribution in [0.3, 0.4) is 0 Å². The molecule has 0 saturated heterocycles. The summed E-state index contributed by atoms with van der Waals surface area (Å²) < 4.78 is 1.01. The van der Waals surface area contributed by atoms with Gasteiger partial charge in [-0.05, 0) is 101 Å². The predicted octanol–water partition coefficient (Wildman–Crippen LogP) is 7.49. The lowest BCUT2D eigenvalue weighted by atomic mass is 10.1. The number of benzene rings is 3. The maximum Gasteiger partial charge on any atom is 0.132 e. The summed E-state index contributed by atoms with van der Waals surface area (Å²) in [5, 5.41) is 7.12. The average molecular weight is 429 g/mol. The zero-order valence-electron chi connectivity index (χ0n) is 20.6. The van der Waals surface area contributed by atoms with Gasteiger partial charge in [0.15, 0.2) is 0 Å². The Labute approximate surface area is 194 Å². The summed E-state index contributed by atoms with van der Waals surface area (Å²) in [6.45, 7) is 16.5. The van der Waals surface area contributed by atoms with Crippen LogP contribution in [0.25, 0.3) is 0 Å². The van der Waals surface area contributed by atoms with E-state index in [1.54, 1.807) is 0 Å². The predicted molar refractivity (Wildman–Crippen MR) is 141 cm³/mol.